The van der Waals surface area contributed by atoms with Crippen molar-refractivity contribution >= 4 is 17.5 Å². The summed E-state index contributed by atoms with van der Waals surface area (Å²) in [5.41, 5.74) is 0.509. The highest BCUT2D eigenvalue weighted by molar-refractivity contribution is 6.30. The zero-order valence-corrected chi connectivity index (χ0v) is 10.5. The first kappa shape index (κ1) is 13.3. The Hall–Kier alpha value is -1.16. The fourth-order valence-electron chi connectivity index (χ4n) is 2.05. The fraction of sp³-hybridized carbons (Fsp3) is 0.462. The molecule has 0 radical (unpaired) electrons. The Morgan fingerprint density at radius 1 is 1.11 bits per heavy atom. The van der Waals surface area contributed by atoms with Crippen LogP contribution >= 0.6 is 11.6 Å². The van der Waals surface area contributed by atoms with Gasteiger partial charge in [0.05, 0.1) is 0 Å². The van der Waals surface area contributed by atoms with Gasteiger partial charge in [-0.3, -0.25) is 4.79 Å². The largest absolute Gasteiger partial charge is 0.341 e. The molecule has 98 valence electrons. The topological polar surface area (TPSA) is 20.3 Å². The molecule has 1 aromatic carbocycles. The number of halogens is 3. The maximum atomic E-state index is 12.4. The van der Waals surface area contributed by atoms with Gasteiger partial charge in [-0.05, 0) is 18.4 Å². The van der Waals surface area contributed by atoms with E-state index in [9.17, 15) is 13.6 Å². The molecule has 2 rings (SSSR count). The zero-order chi connectivity index (χ0) is 13.1. The van der Waals surface area contributed by atoms with Crippen molar-refractivity contribution in [2.75, 3.05) is 13.1 Å². The molecular weight excluding hydrogens is 260 g/mol. The van der Waals surface area contributed by atoms with Gasteiger partial charge in [0, 0.05) is 18.7 Å². The fourth-order valence-corrected chi connectivity index (χ4v) is 2.33. The van der Waals surface area contributed by atoms with Crippen molar-refractivity contribution in [3.8, 4) is 0 Å². The molecule has 2 nitrogen and oxygen atoms in total. The third-order valence-electron chi connectivity index (χ3n) is 3.12. The van der Waals surface area contributed by atoms with Gasteiger partial charge in [0.15, 0.2) is 0 Å². The Kier molecular flexibility index (Phi) is 4.17. The number of amides is 1. The van der Waals surface area contributed by atoms with E-state index in [1.807, 2.05) is 0 Å². The summed E-state index contributed by atoms with van der Waals surface area (Å²) in [7, 11) is 0. The van der Waals surface area contributed by atoms with Gasteiger partial charge >= 0.3 is 0 Å². The van der Waals surface area contributed by atoms with Crippen molar-refractivity contribution in [1.29, 1.82) is 0 Å². The first-order valence-electron chi connectivity index (χ1n) is 5.90. The minimum absolute atomic E-state index is 0.0590. The van der Waals surface area contributed by atoms with Crippen LogP contribution in [0.4, 0.5) is 8.78 Å². The lowest BCUT2D eigenvalue weighted by Crippen LogP contribution is -2.30. The number of benzene rings is 1. The number of nitrogens with zero attached hydrogens (tertiary/aromatic N) is 1. The van der Waals surface area contributed by atoms with Crippen molar-refractivity contribution in [2.24, 2.45) is 0 Å². The molecule has 0 bridgehead atoms. The number of alkyl halides is 3. The van der Waals surface area contributed by atoms with Gasteiger partial charge in [0.2, 0.25) is 5.91 Å². The number of likely N-dealkylation sites (tertiary alicyclic amines) is 1. The first-order valence-corrected chi connectivity index (χ1v) is 6.34. The number of carbonyl (C=O) groups is 1. The van der Waals surface area contributed by atoms with Crippen molar-refractivity contribution in [2.45, 2.75) is 24.6 Å². The van der Waals surface area contributed by atoms with E-state index in [0.717, 1.165) is 25.9 Å². The number of carbonyl (C=O) groups excluding carboxylic acids is 1. The molecule has 1 amide bonds. The van der Waals surface area contributed by atoms with Gasteiger partial charge in [-0.15, -0.1) is 11.6 Å². The second kappa shape index (κ2) is 5.65. The van der Waals surface area contributed by atoms with E-state index in [2.05, 4.69) is 0 Å². The van der Waals surface area contributed by atoms with E-state index in [4.69, 9.17) is 11.6 Å². The summed E-state index contributed by atoms with van der Waals surface area (Å²) in [6, 6.07) is 5.61. The molecular formula is C13H14ClF2NO. The Morgan fingerprint density at radius 3 is 2.11 bits per heavy atom. The highest BCUT2D eigenvalue weighted by Gasteiger charge is 2.26. The van der Waals surface area contributed by atoms with E-state index in [1.165, 1.54) is 24.3 Å². The number of hydrogen-bond donors (Lipinski definition) is 0. The molecule has 1 saturated heterocycles. The van der Waals surface area contributed by atoms with Crippen LogP contribution in [0.15, 0.2) is 24.3 Å². The minimum atomic E-state index is -2.50. The van der Waals surface area contributed by atoms with E-state index >= 15 is 0 Å². The van der Waals surface area contributed by atoms with E-state index in [-0.39, 0.29) is 11.5 Å². The summed E-state index contributed by atoms with van der Waals surface area (Å²) in [5.74, 6) is -0.140. The van der Waals surface area contributed by atoms with Crippen LogP contribution in [0.5, 0.6) is 0 Å². The van der Waals surface area contributed by atoms with Crippen molar-refractivity contribution in [3.05, 3.63) is 35.4 Å². The Balaban J connectivity index is 2.08. The molecule has 1 aliphatic rings. The van der Waals surface area contributed by atoms with Crippen LogP contribution < -0.4 is 0 Å². The first-order chi connectivity index (χ1) is 8.59. The maximum Gasteiger partial charge on any atom is 0.263 e. The third-order valence-corrected chi connectivity index (χ3v) is 3.55. The third kappa shape index (κ3) is 2.80. The molecule has 18 heavy (non-hydrogen) atoms. The van der Waals surface area contributed by atoms with Gasteiger partial charge in [0.25, 0.3) is 6.43 Å². The Labute approximate surface area is 110 Å². The summed E-state index contributed by atoms with van der Waals surface area (Å²) in [6.45, 7) is 1.47. The molecule has 1 aromatic rings. The lowest BCUT2D eigenvalue weighted by molar-refractivity contribution is -0.129. The number of rotatable bonds is 3. The summed E-state index contributed by atoms with van der Waals surface area (Å²) in [5, 5.41) is -0.783. The lowest BCUT2D eigenvalue weighted by atomic mass is 10.1. The highest BCUT2D eigenvalue weighted by Crippen LogP contribution is 2.27. The van der Waals surface area contributed by atoms with Crippen molar-refractivity contribution < 1.29 is 13.6 Å². The second-order valence-electron chi connectivity index (χ2n) is 4.36. The maximum absolute atomic E-state index is 12.4. The standard InChI is InChI=1S/C13H14ClF2NO/c14-11(13(18)17-7-1-2-8-17)9-3-5-10(6-4-9)12(15)16/h3-6,11-12H,1-2,7-8H2. The molecule has 1 unspecified atom stereocenters. The summed E-state index contributed by atoms with van der Waals surface area (Å²) >= 11 is 6.09. The average molecular weight is 274 g/mol. The van der Waals surface area contributed by atoms with Gasteiger partial charge in [0.1, 0.15) is 5.38 Å². The highest BCUT2D eigenvalue weighted by atomic mass is 35.5. The van der Waals surface area contributed by atoms with Crippen molar-refractivity contribution in [3.63, 3.8) is 0 Å². The molecule has 5 heteroatoms. The van der Waals surface area contributed by atoms with Crippen LogP contribution in [0, 0.1) is 0 Å². The molecule has 0 N–H and O–H groups in total. The summed E-state index contributed by atoms with van der Waals surface area (Å²) in [6.07, 6.45) is -0.499. The molecule has 0 aromatic heterocycles. The molecule has 1 fully saturated rings. The lowest BCUT2D eigenvalue weighted by Gasteiger charge is -2.19. The van der Waals surface area contributed by atoms with Crippen molar-refractivity contribution in [1.82, 2.24) is 4.90 Å². The molecule has 1 heterocycles. The minimum Gasteiger partial charge on any atom is -0.341 e. The zero-order valence-electron chi connectivity index (χ0n) is 9.78. The van der Waals surface area contributed by atoms with E-state index in [1.54, 1.807) is 4.90 Å². The molecule has 1 atom stereocenters. The van der Waals surface area contributed by atoms with Gasteiger partial charge in [-0.25, -0.2) is 8.78 Å². The van der Waals surface area contributed by atoms with E-state index in [0.29, 0.717) is 5.56 Å². The van der Waals surface area contributed by atoms with Gasteiger partial charge in [-0.1, -0.05) is 24.3 Å². The van der Waals surface area contributed by atoms with E-state index < -0.39 is 11.8 Å². The van der Waals surface area contributed by atoms with Crippen LogP contribution in [-0.2, 0) is 4.79 Å². The number of hydrogen-bond acceptors (Lipinski definition) is 1. The van der Waals surface area contributed by atoms with Crippen LogP contribution in [0.3, 0.4) is 0 Å². The van der Waals surface area contributed by atoms with Crippen LogP contribution in [0.1, 0.15) is 35.8 Å². The SMILES string of the molecule is O=C(C(Cl)c1ccc(C(F)F)cc1)N1CCCC1. The molecule has 0 spiro atoms. The molecule has 1 aliphatic heterocycles. The van der Waals surface area contributed by atoms with Crippen LogP contribution in [-0.4, -0.2) is 23.9 Å². The quantitative estimate of drug-likeness (QED) is 0.772. The van der Waals surface area contributed by atoms with Gasteiger partial charge in [-0.2, -0.15) is 0 Å². The summed E-state index contributed by atoms with van der Waals surface area (Å²) < 4.78 is 24.8. The Bertz CT molecular complexity index is 416. The molecule has 0 aliphatic carbocycles. The predicted octanol–water partition coefficient (Wildman–Crippen LogP) is 3.53. The predicted molar refractivity (Wildman–Crippen MR) is 65.8 cm³/mol. The second-order valence-corrected chi connectivity index (χ2v) is 4.80. The smallest absolute Gasteiger partial charge is 0.263 e. The monoisotopic (exact) mass is 273 g/mol. The normalized spacial score (nSPS) is 17.2. The molecule has 0 saturated carbocycles. The summed E-state index contributed by atoms with van der Waals surface area (Å²) in [4.78, 5) is 13.7. The average Bonchev–Trinajstić information content (AvgIpc) is 2.91. The van der Waals surface area contributed by atoms with Crippen LogP contribution in [0.25, 0.3) is 0 Å². The Morgan fingerprint density at radius 2 is 1.61 bits per heavy atom. The van der Waals surface area contributed by atoms with Crippen LogP contribution in [0.2, 0.25) is 0 Å². The van der Waals surface area contributed by atoms with Gasteiger partial charge < -0.3 is 4.90 Å².